The van der Waals surface area contributed by atoms with Crippen LogP contribution in [0.2, 0.25) is 0 Å². The van der Waals surface area contributed by atoms with Crippen molar-refractivity contribution in [1.29, 1.82) is 0 Å². The zero-order valence-corrected chi connectivity index (χ0v) is 23.3. The van der Waals surface area contributed by atoms with Crippen molar-refractivity contribution < 1.29 is 38.4 Å². The Morgan fingerprint density at radius 3 is 2.35 bits per heavy atom. The molecule has 3 saturated carbocycles. The molecule has 1 heterocycles. The zero-order valence-electron chi connectivity index (χ0n) is 23.3. The number of fused-ring (bicyclic) bond motifs is 2. The maximum Gasteiger partial charge on any atom is 0.315 e. The van der Waals surface area contributed by atoms with E-state index in [-0.39, 0.29) is 36.6 Å². The average molecular weight is 521 g/mol. The number of carbonyl (C=O) groups is 2. The van der Waals surface area contributed by atoms with Crippen LogP contribution in [0.15, 0.2) is 11.6 Å². The minimum absolute atomic E-state index is 0.0217. The molecule has 0 spiro atoms. The first kappa shape index (κ1) is 27.3. The molecule has 7 unspecified atom stereocenters. The number of carboxylic acids is 1. The summed E-state index contributed by atoms with van der Waals surface area (Å²) in [6.07, 6.45) is 4.18. The van der Waals surface area contributed by atoms with Gasteiger partial charge in [0.15, 0.2) is 6.29 Å². The van der Waals surface area contributed by atoms with Crippen molar-refractivity contribution in [1.82, 2.24) is 0 Å². The summed E-state index contributed by atoms with van der Waals surface area (Å²) in [5.41, 5.74) is -2.00. The number of allylic oxidation sites excluding steroid dienone is 1. The Hall–Kier alpha value is -1.32. The molecule has 1 N–H and O–H groups in total. The van der Waals surface area contributed by atoms with Gasteiger partial charge in [-0.2, -0.15) is 0 Å². The molecule has 5 rings (SSSR count). The second-order valence-electron chi connectivity index (χ2n) is 12.6. The van der Waals surface area contributed by atoms with E-state index in [0.717, 1.165) is 31.1 Å². The molecule has 8 heteroatoms. The lowest BCUT2D eigenvalue weighted by Gasteiger charge is -2.58. The topological polar surface area (TPSA) is 101 Å². The number of ether oxygens (including phenoxy) is 5. The Kier molecular flexibility index (Phi) is 6.93. The Bertz CT molecular complexity index is 948. The number of hydrogen-bond donors (Lipinski definition) is 1. The number of methoxy groups -OCH3 is 3. The average Bonchev–Trinajstić information content (AvgIpc) is 3.44. The van der Waals surface area contributed by atoms with Crippen molar-refractivity contribution in [2.75, 3.05) is 27.9 Å². The van der Waals surface area contributed by atoms with E-state index >= 15 is 0 Å². The van der Waals surface area contributed by atoms with Crippen molar-refractivity contribution in [3.63, 3.8) is 0 Å². The maximum atomic E-state index is 13.6. The lowest BCUT2D eigenvalue weighted by atomic mass is 9.43. The molecule has 0 aromatic heterocycles. The summed E-state index contributed by atoms with van der Waals surface area (Å²) in [6.45, 7) is 8.47. The molecule has 4 bridgehead atoms. The SMILES string of the molecule is CO[C@H]1[C@H](OC)[C@H](OCC23CC4C(C)CCC4C4(C=O)CC2C=C(C(C)C)C43C(=O)O)O[C@H](C)[C@H]1OC. The van der Waals surface area contributed by atoms with Gasteiger partial charge in [0.25, 0.3) is 0 Å². The first-order chi connectivity index (χ1) is 17.6. The molecular weight excluding hydrogens is 476 g/mol. The van der Waals surface area contributed by atoms with E-state index in [0.29, 0.717) is 18.3 Å². The molecule has 1 saturated heterocycles. The van der Waals surface area contributed by atoms with Crippen molar-refractivity contribution >= 4 is 12.3 Å². The lowest BCUT2D eigenvalue weighted by molar-refractivity contribution is -0.314. The molecule has 37 heavy (non-hydrogen) atoms. The van der Waals surface area contributed by atoms with Crippen LogP contribution in [0.4, 0.5) is 0 Å². The summed E-state index contributed by atoms with van der Waals surface area (Å²) in [5.74, 6) is -0.0382. The molecule has 1 aliphatic heterocycles. The second kappa shape index (κ2) is 9.40. The number of carboxylic acid groups (broad SMARTS) is 1. The first-order valence-electron chi connectivity index (χ1n) is 13.9. The summed E-state index contributed by atoms with van der Waals surface area (Å²) in [7, 11) is 4.83. The molecule has 5 aliphatic rings. The Labute approximate surface area is 220 Å². The standard InChI is InChI=1S/C29H44O8/c1-15(2)21-10-18-11-27(13-30)20-9-8-16(3)19(20)12-28(18,29(21,27)26(31)32)14-36-25-24(35-7)23(34-6)22(33-5)17(4)37-25/h10,13,15-20,22-25H,8-9,11-12,14H2,1-7H3,(H,31,32)/t16?,17-,18?,19?,20?,22-,23-,24+,25-,27?,28?,29?/m1/s1. The van der Waals surface area contributed by atoms with E-state index in [9.17, 15) is 14.7 Å². The molecule has 4 aliphatic carbocycles. The fraction of sp³-hybridized carbons (Fsp3) is 0.862. The van der Waals surface area contributed by atoms with Crippen molar-refractivity contribution in [2.24, 2.45) is 45.8 Å². The van der Waals surface area contributed by atoms with E-state index in [4.69, 9.17) is 23.7 Å². The summed E-state index contributed by atoms with van der Waals surface area (Å²) < 4.78 is 30.0. The molecule has 8 nitrogen and oxygen atoms in total. The van der Waals surface area contributed by atoms with Gasteiger partial charge in [0.2, 0.25) is 0 Å². The highest BCUT2D eigenvalue weighted by Gasteiger charge is 2.84. The first-order valence-corrected chi connectivity index (χ1v) is 13.9. The van der Waals surface area contributed by atoms with E-state index in [2.05, 4.69) is 26.8 Å². The second-order valence-corrected chi connectivity index (χ2v) is 12.6. The van der Waals surface area contributed by atoms with Gasteiger partial charge in [-0.1, -0.05) is 38.8 Å². The monoisotopic (exact) mass is 520 g/mol. The number of rotatable bonds is 9. The van der Waals surface area contributed by atoms with Gasteiger partial charge in [-0.05, 0) is 55.8 Å². The third-order valence-corrected chi connectivity index (χ3v) is 11.2. The van der Waals surface area contributed by atoms with E-state index in [1.54, 1.807) is 21.3 Å². The van der Waals surface area contributed by atoms with Gasteiger partial charge < -0.3 is 33.6 Å². The van der Waals surface area contributed by atoms with Gasteiger partial charge in [-0.25, -0.2) is 0 Å². The molecule has 0 amide bonds. The fourth-order valence-electron chi connectivity index (χ4n) is 9.81. The van der Waals surface area contributed by atoms with Gasteiger partial charge in [0.1, 0.15) is 30.0 Å². The molecule has 12 atom stereocenters. The van der Waals surface area contributed by atoms with E-state index in [1.165, 1.54) is 0 Å². The van der Waals surface area contributed by atoms with Crippen molar-refractivity contribution in [3.05, 3.63) is 11.6 Å². The van der Waals surface area contributed by atoms with Crippen LogP contribution in [0.3, 0.4) is 0 Å². The third-order valence-electron chi connectivity index (χ3n) is 11.2. The zero-order chi connectivity index (χ0) is 26.9. The Morgan fingerprint density at radius 2 is 1.78 bits per heavy atom. The van der Waals surface area contributed by atoms with Gasteiger partial charge in [-0.3, -0.25) is 4.79 Å². The highest BCUT2D eigenvalue weighted by molar-refractivity contribution is 5.90. The third kappa shape index (κ3) is 3.25. The van der Waals surface area contributed by atoms with Crippen LogP contribution in [-0.4, -0.2) is 76.0 Å². The van der Waals surface area contributed by atoms with Crippen LogP contribution < -0.4 is 0 Å². The van der Waals surface area contributed by atoms with Crippen LogP contribution in [-0.2, 0) is 33.3 Å². The van der Waals surface area contributed by atoms with Gasteiger partial charge in [-0.15, -0.1) is 0 Å². The maximum absolute atomic E-state index is 13.6. The minimum atomic E-state index is -1.27. The van der Waals surface area contributed by atoms with Crippen LogP contribution in [0, 0.1) is 45.8 Å². The predicted octanol–water partition coefficient (Wildman–Crippen LogP) is 3.72. The number of aliphatic carboxylic acids is 1. The van der Waals surface area contributed by atoms with Crippen LogP contribution in [0.5, 0.6) is 0 Å². The molecule has 0 aromatic rings. The van der Waals surface area contributed by atoms with Gasteiger partial charge >= 0.3 is 5.97 Å². The smallest absolute Gasteiger partial charge is 0.315 e. The van der Waals surface area contributed by atoms with Gasteiger partial charge in [0.05, 0.1) is 18.1 Å². The van der Waals surface area contributed by atoms with E-state index in [1.807, 2.05) is 6.92 Å². The summed E-state index contributed by atoms with van der Waals surface area (Å²) in [5, 5.41) is 11.1. The van der Waals surface area contributed by atoms with Crippen LogP contribution >= 0.6 is 0 Å². The summed E-state index contributed by atoms with van der Waals surface area (Å²) in [6, 6.07) is 0. The number of aldehydes is 1. The number of hydrogen-bond acceptors (Lipinski definition) is 7. The largest absolute Gasteiger partial charge is 0.481 e. The summed E-state index contributed by atoms with van der Waals surface area (Å²) in [4.78, 5) is 26.8. The molecular formula is C29H44O8. The van der Waals surface area contributed by atoms with Crippen molar-refractivity contribution in [2.45, 2.75) is 84.1 Å². The highest BCUT2D eigenvalue weighted by Crippen LogP contribution is 2.82. The van der Waals surface area contributed by atoms with Crippen LogP contribution in [0.25, 0.3) is 0 Å². The predicted molar refractivity (Wildman–Crippen MR) is 135 cm³/mol. The minimum Gasteiger partial charge on any atom is -0.481 e. The van der Waals surface area contributed by atoms with E-state index < -0.39 is 40.7 Å². The van der Waals surface area contributed by atoms with Crippen molar-refractivity contribution in [3.8, 4) is 0 Å². The molecule has 208 valence electrons. The fourth-order valence-corrected chi connectivity index (χ4v) is 9.81. The normalized spacial score (nSPS) is 50.3. The highest BCUT2D eigenvalue weighted by atomic mass is 16.7. The molecule has 4 fully saturated rings. The molecule has 0 aromatic carbocycles. The summed E-state index contributed by atoms with van der Waals surface area (Å²) >= 11 is 0. The Morgan fingerprint density at radius 1 is 1.11 bits per heavy atom. The lowest BCUT2D eigenvalue weighted by Crippen LogP contribution is -2.64. The Balaban J connectivity index is 1.57. The molecule has 0 radical (unpaired) electrons. The quantitative estimate of drug-likeness (QED) is 0.363. The van der Waals surface area contributed by atoms with Crippen LogP contribution in [0.1, 0.15) is 53.4 Å². The number of carbonyl (C=O) groups excluding carboxylic acids is 1. The van der Waals surface area contributed by atoms with Gasteiger partial charge in [0, 0.05) is 26.7 Å².